The van der Waals surface area contributed by atoms with Crippen molar-refractivity contribution in [1.29, 1.82) is 0 Å². The summed E-state index contributed by atoms with van der Waals surface area (Å²) in [4.78, 5) is 0. The van der Waals surface area contributed by atoms with Crippen LogP contribution in [0.5, 0.6) is 0 Å². The van der Waals surface area contributed by atoms with Gasteiger partial charge in [-0.15, -0.1) is 15.7 Å². The Balaban J connectivity index is 2.53. The molecular formula is C8H10ClN3O3S2. The van der Waals surface area contributed by atoms with Gasteiger partial charge in [-0.25, -0.2) is 5.84 Å². The fourth-order valence-electron chi connectivity index (χ4n) is 1.45. The number of rotatable bonds is 2. The first-order valence-electron chi connectivity index (χ1n) is 4.67. The summed E-state index contributed by atoms with van der Waals surface area (Å²) in [5.74, 6) is 5.85. The number of halogens is 1. The SMILES string of the molecule is C[C@@H](O)CC1=NS(=O)(=O)c2sc(Cl)cc2N1N. The quantitative estimate of drug-likeness (QED) is 0.792. The number of amidine groups is 1. The second kappa shape index (κ2) is 4.21. The molecule has 1 aromatic heterocycles. The molecule has 3 N–H and O–H groups in total. The maximum Gasteiger partial charge on any atom is 0.295 e. The van der Waals surface area contributed by atoms with Gasteiger partial charge >= 0.3 is 0 Å². The van der Waals surface area contributed by atoms with Crippen molar-refractivity contribution in [2.45, 2.75) is 23.7 Å². The Morgan fingerprint density at radius 3 is 2.94 bits per heavy atom. The summed E-state index contributed by atoms with van der Waals surface area (Å²) in [6.07, 6.45) is -0.673. The molecule has 9 heteroatoms. The van der Waals surface area contributed by atoms with Crippen LogP contribution in [0.15, 0.2) is 14.7 Å². The summed E-state index contributed by atoms with van der Waals surface area (Å²) in [5, 5.41) is 10.4. The molecule has 1 aliphatic heterocycles. The van der Waals surface area contributed by atoms with Gasteiger partial charge in [-0.3, -0.25) is 5.01 Å². The van der Waals surface area contributed by atoms with E-state index in [1.165, 1.54) is 13.0 Å². The fraction of sp³-hybridized carbons (Fsp3) is 0.375. The highest BCUT2D eigenvalue weighted by molar-refractivity contribution is 7.92. The standard InChI is InChI=1S/C8H10ClN3O3S2/c1-4(13)2-7-11-17(14,15)8-5(12(7)10)3-6(9)16-8/h3-4,13H,2,10H2,1H3/t4-/m1/s1. The minimum Gasteiger partial charge on any atom is -0.393 e. The molecule has 0 aliphatic carbocycles. The first-order chi connectivity index (χ1) is 7.81. The van der Waals surface area contributed by atoms with Crippen molar-refractivity contribution >= 4 is 44.5 Å². The van der Waals surface area contributed by atoms with E-state index in [0.717, 1.165) is 16.3 Å². The Morgan fingerprint density at radius 2 is 2.35 bits per heavy atom. The van der Waals surface area contributed by atoms with Gasteiger partial charge in [0.1, 0.15) is 5.84 Å². The maximum atomic E-state index is 11.8. The van der Waals surface area contributed by atoms with Crippen molar-refractivity contribution in [2.75, 3.05) is 5.01 Å². The van der Waals surface area contributed by atoms with Crippen LogP contribution in [0.3, 0.4) is 0 Å². The molecule has 1 atom stereocenters. The van der Waals surface area contributed by atoms with Gasteiger partial charge in [0.15, 0.2) is 4.21 Å². The van der Waals surface area contributed by atoms with Gasteiger partial charge in [0.05, 0.1) is 16.1 Å². The normalized spacial score (nSPS) is 19.8. The molecule has 0 bridgehead atoms. The molecule has 0 saturated heterocycles. The zero-order valence-corrected chi connectivity index (χ0v) is 11.2. The first-order valence-corrected chi connectivity index (χ1v) is 7.31. The van der Waals surface area contributed by atoms with Crippen molar-refractivity contribution in [2.24, 2.45) is 10.2 Å². The minimum atomic E-state index is -3.76. The van der Waals surface area contributed by atoms with Gasteiger partial charge in [-0.1, -0.05) is 11.6 Å². The van der Waals surface area contributed by atoms with Crippen molar-refractivity contribution in [3.05, 3.63) is 10.4 Å². The molecule has 1 aromatic rings. The largest absolute Gasteiger partial charge is 0.393 e. The van der Waals surface area contributed by atoms with E-state index in [2.05, 4.69) is 4.40 Å². The minimum absolute atomic E-state index is 0.0272. The second-order valence-corrected chi connectivity index (χ2v) is 7.11. The lowest BCUT2D eigenvalue weighted by atomic mass is 10.2. The van der Waals surface area contributed by atoms with E-state index >= 15 is 0 Å². The van der Waals surface area contributed by atoms with Gasteiger partial charge in [0, 0.05) is 6.42 Å². The molecule has 94 valence electrons. The number of aliphatic hydroxyl groups excluding tert-OH is 1. The summed E-state index contributed by atoms with van der Waals surface area (Å²) in [6, 6.07) is 1.47. The van der Waals surface area contributed by atoms with Gasteiger partial charge < -0.3 is 5.11 Å². The average Bonchev–Trinajstić information content (AvgIpc) is 2.56. The van der Waals surface area contributed by atoms with Crippen molar-refractivity contribution in [3.63, 3.8) is 0 Å². The third-order valence-electron chi connectivity index (χ3n) is 2.12. The molecule has 2 heterocycles. The number of fused-ring (bicyclic) bond motifs is 1. The molecule has 0 aromatic carbocycles. The van der Waals surface area contributed by atoms with Crippen LogP contribution >= 0.6 is 22.9 Å². The van der Waals surface area contributed by atoms with E-state index in [-0.39, 0.29) is 16.5 Å². The van der Waals surface area contributed by atoms with Crippen molar-refractivity contribution in [1.82, 2.24) is 0 Å². The Kier molecular flexibility index (Phi) is 3.17. The molecule has 0 unspecified atom stereocenters. The predicted octanol–water partition coefficient (Wildman–Crippen LogP) is 0.953. The Morgan fingerprint density at radius 1 is 1.71 bits per heavy atom. The Hall–Kier alpha value is -0.670. The van der Waals surface area contributed by atoms with Gasteiger partial charge in [-0.05, 0) is 13.0 Å². The summed E-state index contributed by atoms with van der Waals surface area (Å²) in [6.45, 7) is 1.53. The van der Waals surface area contributed by atoms with Crippen LogP contribution in [0.2, 0.25) is 4.34 Å². The van der Waals surface area contributed by atoms with Crippen LogP contribution < -0.4 is 10.9 Å². The number of sulfonamides is 1. The third kappa shape index (κ3) is 2.31. The summed E-state index contributed by atoms with van der Waals surface area (Å²) >= 11 is 6.68. The number of hydrogen-bond donors (Lipinski definition) is 2. The molecule has 0 spiro atoms. The van der Waals surface area contributed by atoms with Crippen LogP contribution in [-0.2, 0) is 10.0 Å². The summed E-state index contributed by atoms with van der Waals surface area (Å²) < 4.78 is 27.6. The topological polar surface area (TPSA) is 96.0 Å². The monoisotopic (exact) mass is 295 g/mol. The van der Waals surface area contributed by atoms with E-state index in [4.69, 9.17) is 17.4 Å². The molecule has 0 saturated carbocycles. The van der Waals surface area contributed by atoms with Gasteiger partial charge in [-0.2, -0.15) is 8.42 Å². The van der Waals surface area contributed by atoms with E-state index < -0.39 is 16.1 Å². The lowest BCUT2D eigenvalue weighted by Crippen LogP contribution is -2.42. The molecule has 6 nitrogen and oxygen atoms in total. The fourth-order valence-corrected chi connectivity index (χ4v) is 4.28. The van der Waals surface area contributed by atoms with Crippen LogP contribution in [0, 0.1) is 0 Å². The van der Waals surface area contributed by atoms with Gasteiger partial charge in [0.25, 0.3) is 10.0 Å². The highest BCUT2D eigenvalue weighted by Gasteiger charge is 2.32. The average molecular weight is 296 g/mol. The van der Waals surface area contributed by atoms with Crippen LogP contribution in [0.1, 0.15) is 13.3 Å². The predicted molar refractivity (Wildman–Crippen MR) is 66.9 cm³/mol. The zero-order chi connectivity index (χ0) is 12.8. The van der Waals surface area contributed by atoms with Crippen LogP contribution in [0.4, 0.5) is 5.69 Å². The Bertz CT molecular complexity index is 579. The van der Waals surface area contributed by atoms with E-state index in [1.807, 2.05) is 0 Å². The highest BCUT2D eigenvalue weighted by Crippen LogP contribution is 2.40. The van der Waals surface area contributed by atoms with E-state index in [1.54, 1.807) is 0 Å². The number of hydrazine groups is 1. The van der Waals surface area contributed by atoms with Crippen LogP contribution in [0.25, 0.3) is 0 Å². The lowest BCUT2D eigenvalue weighted by molar-refractivity contribution is 0.203. The molecule has 0 amide bonds. The molecule has 0 fully saturated rings. The number of hydrogen-bond acceptors (Lipinski definition) is 6. The first kappa shape index (κ1) is 12.8. The zero-order valence-electron chi connectivity index (χ0n) is 8.79. The maximum absolute atomic E-state index is 11.8. The highest BCUT2D eigenvalue weighted by atomic mass is 35.5. The number of nitrogens with zero attached hydrogens (tertiary/aromatic N) is 2. The molecule has 2 rings (SSSR count). The number of thiophene rings is 1. The number of aliphatic hydroxyl groups is 1. The summed E-state index contributed by atoms with van der Waals surface area (Å²) in [7, 11) is -3.76. The Labute approximate surface area is 107 Å². The number of nitrogens with two attached hydrogens (primary N) is 1. The van der Waals surface area contributed by atoms with E-state index in [9.17, 15) is 13.5 Å². The molecule has 1 aliphatic rings. The molecular weight excluding hydrogens is 286 g/mol. The second-order valence-electron chi connectivity index (χ2n) is 3.63. The van der Waals surface area contributed by atoms with Crippen molar-refractivity contribution in [3.8, 4) is 0 Å². The van der Waals surface area contributed by atoms with Crippen LogP contribution in [-0.4, -0.2) is 25.5 Å². The molecule has 0 radical (unpaired) electrons. The summed E-state index contributed by atoms with van der Waals surface area (Å²) in [5.41, 5.74) is 0.297. The van der Waals surface area contributed by atoms with Crippen molar-refractivity contribution < 1.29 is 13.5 Å². The lowest BCUT2D eigenvalue weighted by Gasteiger charge is -2.24. The molecule has 17 heavy (non-hydrogen) atoms. The third-order valence-corrected chi connectivity index (χ3v) is 5.18. The number of anilines is 1. The van der Waals surface area contributed by atoms with E-state index in [0.29, 0.717) is 10.0 Å². The smallest absolute Gasteiger partial charge is 0.295 e. The van der Waals surface area contributed by atoms with Gasteiger partial charge in [0.2, 0.25) is 0 Å².